The van der Waals surface area contributed by atoms with E-state index in [9.17, 15) is 23.2 Å². The van der Waals surface area contributed by atoms with Crippen LogP contribution in [0.25, 0.3) is 0 Å². The summed E-state index contributed by atoms with van der Waals surface area (Å²) in [6.07, 6.45) is 2.06. The lowest BCUT2D eigenvalue weighted by atomic mass is 9.79. The highest BCUT2D eigenvalue weighted by molar-refractivity contribution is 5.97. The second kappa shape index (κ2) is 8.68. The third-order valence-electron chi connectivity index (χ3n) is 6.52. The van der Waals surface area contributed by atoms with Crippen LogP contribution in [0, 0.1) is 17.5 Å². The van der Waals surface area contributed by atoms with Gasteiger partial charge in [0.25, 0.3) is 5.91 Å². The molecule has 0 saturated carbocycles. The molecule has 35 heavy (non-hydrogen) atoms. The average molecular weight is 483 g/mol. The largest absolute Gasteiger partial charge is 0.420 e. The maximum absolute atomic E-state index is 15.2. The molecular weight excluding hydrogens is 463 g/mol. The van der Waals surface area contributed by atoms with E-state index in [0.717, 1.165) is 19.2 Å². The predicted molar refractivity (Wildman–Crippen MR) is 118 cm³/mol. The van der Waals surface area contributed by atoms with Gasteiger partial charge in [0.15, 0.2) is 17.3 Å². The quantitative estimate of drug-likeness (QED) is 0.530. The standard InChI is InChI=1S/C25H20F3N3O4/c1-13(32)35-24-19(33)12-29-31-22(18-9-4-10-30(18)25(34)23(24)31)20(14-5-2-6-15(26)11-14)16-7-3-8-17(27)21(16)28/h2-3,5-8,11-12,18,20,22H,4,9-10H2,1H3/t18-,20-,22-/m1/s1. The van der Waals surface area contributed by atoms with Gasteiger partial charge in [-0.15, -0.1) is 0 Å². The topological polar surface area (TPSA) is 81.5 Å². The number of hydrogen-bond acceptors (Lipinski definition) is 5. The Labute approximate surface area is 197 Å². The molecule has 0 bridgehead atoms. The van der Waals surface area contributed by atoms with E-state index < -0.39 is 58.5 Å². The zero-order chi connectivity index (χ0) is 24.9. The molecule has 1 amide bonds. The fourth-order valence-corrected chi connectivity index (χ4v) is 5.20. The summed E-state index contributed by atoms with van der Waals surface area (Å²) in [7, 11) is 0. The van der Waals surface area contributed by atoms with Crippen molar-refractivity contribution in [3.8, 4) is 5.75 Å². The number of carbonyl (C=O) groups is 2. The molecule has 1 saturated heterocycles. The van der Waals surface area contributed by atoms with E-state index >= 15 is 4.39 Å². The molecule has 2 aliphatic rings. The summed E-state index contributed by atoms with van der Waals surface area (Å²) in [5, 5.41) is 4.18. The molecule has 0 spiro atoms. The van der Waals surface area contributed by atoms with Gasteiger partial charge in [-0.05, 0) is 36.6 Å². The van der Waals surface area contributed by atoms with E-state index in [1.54, 1.807) is 6.07 Å². The van der Waals surface area contributed by atoms with Crippen LogP contribution in [0.1, 0.15) is 53.3 Å². The maximum Gasteiger partial charge on any atom is 0.308 e. The Kier molecular flexibility index (Phi) is 5.66. The maximum atomic E-state index is 15.2. The first-order valence-corrected chi connectivity index (χ1v) is 11.1. The van der Waals surface area contributed by atoms with E-state index in [-0.39, 0.29) is 11.3 Å². The van der Waals surface area contributed by atoms with Crippen LogP contribution in [0.4, 0.5) is 13.2 Å². The molecule has 1 fully saturated rings. The summed E-state index contributed by atoms with van der Waals surface area (Å²) in [5.41, 5.74) is -0.743. The molecule has 0 N–H and O–H groups in total. The molecule has 0 radical (unpaired) electrons. The summed E-state index contributed by atoms with van der Waals surface area (Å²) in [6.45, 7) is 1.45. The van der Waals surface area contributed by atoms with E-state index in [1.165, 1.54) is 39.9 Å². The number of benzene rings is 2. The number of aromatic nitrogens is 2. The molecule has 10 heteroatoms. The van der Waals surface area contributed by atoms with Crippen molar-refractivity contribution in [1.82, 2.24) is 14.7 Å². The monoisotopic (exact) mass is 483 g/mol. The Balaban J connectivity index is 1.82. The number of carbonyl (C=O) groups excluding carboxylic acids is 2. The van der Waals surface area contributed by atoms with Crippen molar-refractivity contribution in [1.29, 1.82) is 0 Å². The first-order valence-electron chi connectivity index (χ1n) is 11.1. The SMILES string of the molecule is CC(=O)Oc1c2n(ncc1=O)[C@@H]([C@H](c1cccc(F)c1)c1cccc(F)c1F)[C@H]1CCCN1C2=O. The van der Waals surface area contributed by atoms with Crippen LogP contribution in [0.15, 0.2) is 53.5 Å². The zero-order valence-electron chi connectivity index (χ0n) is 18.6. The van der Waals surface area contributed by atoms with Crippen LogP contribution >= 0.6 is 0 Å². The smallest absolute Gasteiger partial charge is 0.308 e. The summed E-state index contributed by atoms with van der Waals surface area (Å²) in [5.74, 6) is -5.58. The van der Waals surface area contributed by atoms with Gasteiger partial charge in [-0.3, -0.25) is 14.4 Å². The van der Waals surface area contributed by atoms with Crippen LogP contribution < -0.4 is 10.2 Å². The van der Waals surface area contributed by atoms with E-state index in [0.29, 0.717) is 24.9 Å². The number of amides is 1. The second-order valence-electron chi connectivity index (χ2n) is 8.60. The Bertz CT molecular complexity index is 1410. The number of ether oxygens (including phenoxy) is 1. The average Bonchev–Trinajstić information content (AvgIpc) is 3.30. The van der Waals surface area contributed by atoms with Gasteiger partial charge in [0.2, 0.25) is 11.2 Å². The lowest BCUT2D eigenvalue weighted by Gasteiger charge is -2.42. The van der Waals surface area contributed by atoms with Crippen molar-refractivity contribution in [2.24, 2.45) is 0 Å². The van der Waals surface area contributed by atoms with Gasteiger partial charge in [0.1, 0.15) is 5.82 Å². The summed E-state index contributed by atoms with van der Waals surface area (Å²) >= 11 is 0. The number of hydrogen-bond donors (Lipinski definition) is 0. The van der Waals surface area contributed by atoms with Crippen molar-refractivity contribution in [2.75, 3.05) is 6.54 Å². The van der Waals surface area contributed by atoms with Crippen molar-refractivity contribution in [2.45, 2.75) is 37.8 Å². The summed E-state index contributed by atoms with van der Waals surface area (Å²) in [4.78, 5) is 39.2. The lowest BCUT2D eigenvalue weighted by molar-refractivity contribution is -0.132. The van der Waals surface area contributed by atoms with Gasteiger partial charge in [-0.1, -0.05) is 24.3 Å². The molecular formula is C25H20F3N3O4. The molecule has 2 aromatic carbocycles. The minimum absolute atomic E-state index is 0.0534. The fraction of sp³-hybridized carbons (Fsp3) is 0.280. The predicted octanol–water partition coefficient (Wildman–Crippen LogP) is 3.58. The molecule has 0 aliphatic carbocycles. The fourth-order valence-electron chi connectivity index (χ4n) is 5.20. The highest BCUT2D eigenvalue weighted by Crippen LogP contribution is 2.46. The van der Waals surface area contributed by atoms with Gasteiger partial charge >= 0.3 is 5.97 Å². The second-order valence-corrected chi connectivity index (χ2v) is 8.60. The van der Waals surface area contributed by atoms with E-state index in [4.69, 9.17) is 4.74 Å². The van der Waals surface area contributed by atoms with Gasteiger partial charge in [-0.25, -0.2) is 17.9 Å². The minimum Gasteiger partial charge on any atom is -0.420 e. The van der Waals surface area contributed by atoms with Crippen molar-refractivity contribution >= 4 is 11.9 Å². The van der Waals surface area contributed by atoms with Gasteiger partial charge < -0.3 is 9.64 Å². The molecule has 5 rings (SSSR count). The van der Waals surface area contributed by atoms with E-state index in [1.807, 2.05) is 0 Å². The number of esters is 1. The Hall–Kier alpha value is -3.95. The van der Waals surface area contributed by atoms with Crippen molar-refractivity contribution in [3.05, 3.63) is 93.2 Å². The molecule has 3 heterocycles. The molecule has 0 unspecified atom stereocenters. The van der Waals surface area contributed by atoms with Crippen LogP contribution in [-0.4, -0.2) is 39.1 Å². The highest BCUT2D eigenvalue weighted by Gasteiger charge is 2.49. The molecule has 180 valence electrons. The Morgan fingerprint density at radius 3 is 2.66 bits per heavy atom. The molecule has 1 aromatic heterocycles. The van der Waals surface area contributed by atoms with Crippen LogP contribution in [0.5, 0.6) is 5.75 Å². The summed E-state index contributed by atoms with van der Waals surface area (Å²) in [6, 6.07) is 7.88. The molecule has 3 aromatic rings. The highest BCUT2D eigenvalue weighted by atomic mass is 19.2. The van der Waals surface area contributed by atoms with Crippen LogP contribution in [-0.2, 0) is 4.79 Å². The number of halogens is 3. The molecule has 7 nitrogen and oxygen atoms in total. The lowest BCUT2D eigenvalue weighted by Crippen LogP contribution is -2.51. The first kappa shape index (κ1) is 22.8. The summed E-state index contributed by atoms with van der Waals surface area (Å²) < 4.78 is 50.2. The van der Waals surface area contributed by atoms with E-state index in [2.05, 4.69) is 5.10 Å². The van der Waals surface area contributed by atoms with Crippen molar-refractivity contribution < 1.29 is 27.5 Å². The van der Waals surface area contributed by atoms with Gasteiger partial charge in [-0.2, -0.15) is 5.10 Å². The Morgan fingerprint density at radius 2 is 1.91 bits per heavy atom. The number of rotatable bonds is 4. The first-order chi connectivity index (χ1) is 16.8. The van der Waals surface area contributed by atoms with Gasteiger partial charge in [0.05, 0.1) is 18.3 Å². The normalized spacial score (nSPS) is 19.8. The zero-order valence-corrected chi connectivity index (χ0v) is 18.6. The van der Waals surface area contributed by atoms with Crippen LogP contribution in [0.2, 0.25) is 0 Å². The number of nitrogens with zero attached hydrogens (tertiary/aromatic N) is 3. The van der Waals surface area contributed by atoms with Crippen LogP contribution in [0.3, 0.4) is 0 Å². The minimum atomic E-state index is -1.11. The third kappa shape index (κ3) is 3.78. The Morgan fingerprint density at radius 1 is 1.14 bits per heavy atom. The number of fused-ring (bicyclic) bond motifs is 2. The van der Waals surface area contributed by atoms with Crippen molar-refractivity contribution in [3.63, 3.8) is 0 Å². The molecule has 2 aliphatic heterocycles. The third-order valence-corrected chi connectivity index (χ3v) is 6.52. The molecule has 3 atom stereocenters. The van der Waals surface area contributed by atoms with Gasteiger partial charge in [0, 0.05) is 24.9 Å².